The zero-order valence-corrected chi connectivity index (χ0v) is 24.4. The van der Waals surface area contributed by atoms with Crippen molar-refractivity contribution in [3.05, 3.63) is 75.1 Å². The Kier molecular flexibility index (Phi) is 8.35. The maximum absolute atomic E-state index is 14.0. The first-order chi connectivity index (χ1) is 17.8. The van der Waals surface area contributed by atoms with Gasteiger partial charge in [-0.05, 0) is 49.7 Å². The Morgan fingerprint density at radius 1 is 0.947 bits per heavy atom. The van der Waals surface area contributed by atoms with Gasteiger partial charge in [-0.25, -0.2) is 12.7 Å². The van der Waals surface area contributed by atoms with Gasteiger partial charge in [0.2, 0.25) is 11.8 Å². The van der Waals surface area contributed by atoms with Crippen LogP contribution in [0.25, 0.3) is 0 Å². The second-order valence-corrected chi connectivity index (χ2v) is 13.0. The molecular weight excluding hydrogens is 571 g/mol. The molecule has 204 valence electrons. The van der Waals surface area contributed by atoms with Gasteiger partial charge >= 0.3 is 0 Å². The van der Waals surface area contributed by atoms with Crippen LogP contribution in [-0.4, -0.2) is 65.0 Å². The van der Waals surface area contributed by atoms with E-state index in [1.165, 1.54) is 34.2 Å². The topological polar surface area (TPSA) is 90.0 Å². The predicted molar refractivity (Wildman–Crippen MR) is 148 cm³/mol. The molecule has 12 heteroatoms. The first-order valence-corrected chi connectivity index (χ1v) is 14.7. The van der Waals surface area contributed by atoms with Gasteiger partial charge in [-0.1, -0.05) is 60.8 Å². The van der Waals surface area contributed by atoms with Crippen molar-refractivity contribution < 1.29 is 18.0 Å². The number of benzene rings is 2. The molecule has 2 aromatic carbocycles. The van der Waals surface area contributed by atoms with E-state index in [0.717, 1.165) is 9.87 Å². The zero-order chi connectivity index (χ0) is 27.9. The van der Waals surface area contributed by atoms with Crippen LogP contribution in [0.15, 0.2) is 59.4 Å². The summed E-state index contributed by atoms with van der Waals surface area (Å²) >= 11 is 18.4. The highest BCUT2D eigenvalue weighted by Crippen LogP contribution is 2.36. The molecular formula is C26H29Cl3N4O4S. The van der Waals surface area contributed by atoms with Gasteiger partial charge in [0.05, 0.1) is 11.6 Å². The molecule has 0 saturated carbocycles. The third kappa shape index (κ3) is 5.53. The molecule has 0 radical (unpaired) electrons. The van der Waals surface area contributed by atoms with Gasteiger partial charge < -0.3 is 10.2 Å². The Bertz CT molecular complexity index is 1380. The molecule has 2 aliphatic heterocycles. The largest absolute Gasteiger partial charge is 0.311 e. The van der Waals surface area contributed by atoms with Gasteiger partial charge in [0.15, 0.2) is 0 Å². The van der Waals surface area contributed by atoms with Gasteiger partial charge in [0, 0.05) is 34.7 Å². The summed E-state index contributed by atoms with van der Waals surface area (Å²) in [6, 6.07) is 8.86. The molecule has 1 N–H and O–H groups in total. The fourth-order valence-corrected chi connectivity index (χ4v) is 6.96. The number of carbonyl (C=O) groups is 2. The third-order valence-corrected chi connectivity index (χ3v) is 9.13. The molecule has 4 rings (SSSR count). The number of hydrogen-bond acceptors (Lipinski definition) is 5. The standard InChI is InChI=1S/C26H29Cl3N4O4S/c1-15(2)30-21-13-32(38(36,37)23-10-9-19(28)12-20(23)29)24-14-31(16(3)4)26(35)22(33(24)25(21)34)11-17-5-7-18(27)8-6-17/h5-10,12,14-16,21-22,30H,11,13H2,1-4H3. The van der Waals surface area contributed by atoms with Crippen LogP contribution in [0.4, 0.5) is 0 Å². The number of hydrogen-bond donors (Lipinski definition) is 1. The second-order valence-electron chi connectivity index (χ2n) is 9.87. The van der Waals surface area contributed by atoms with E-state index < -0.39 is 22.1 Å². The molecule has 0 aliphatic carbocycles. The van der Waals surface area contributed by atoms with Crippen molar-refractivity contribution in [2.24, 2.45) is 0 Å². The minimum absolute atomic E-state index is 0.0414. The Hall–Kier alpha value is -2.30. The molecule has 2 aliphatic rings. The van der Waals surface area contributed by atoms with Crippen molar-refractivity contribution in [3.8, 4) is 0 Å². The van der Waals surface area contributed by atoms with Crippen molar-refractivity contribution in [3.63, 3.8) is 0 Å². The number of sulfonamides is 1. The summed E-state index contributed by atoms with van der Waals surface area (Å²) < 4.78 is 29.2. The molecule has 1 saturated heterocycles. The van der Waals surface area contributed by atoms with Crippen molar-refractivity contribution >= 4 is 56.6 Å². The second kappa shape index (κ2) is 11.1. The van der Waals surface area contributed by atoms with Gasteiger partial charge in [0.25, 0.3) is 10.0 Å². The summed E-state index contributed by atoms with van der Waals surface area (Å²) in [6.45, 7) is 7.20. The first-order valence-electron chi connectivity index (χ1n) is 12.2. The predicted octanol–water partition coefficient (Wildman–Crippen LogP) is 4.51. The van der Waals surface area contributed by atoms with Crippen LogP contribution in [0.2, 0.25) is 15.1 Å². The summed E-state index contributed by atoms with van der Waals surface area (Å²) in [5.74, 6) is -0.594. The Balaban J connectivity index is 1.88. The summed E-state index contributed by atoms with van der Waals surface area (Å²) in [5.41, 5.74) is 0.777. The van der Waals surface area contributed by atoms with E-state index in [1.54, 1.807) is 24.3 Å². The van der Waals surface area contributed by atoms with Crippen LogP contribution in [0.3, 0.4) is 0 Å². The van der Waals surface area contributed by atoms with Gasteiger partial charge in [-0.3, -0.25) is 14.5 Å². The van der Waals surface area contributed by atoms with E-state index in [2.05, 4.69) is 5.32 Å². The molecule has 8 nitrogen and oxygen atoms in total. The highest BCUT2D eigenvalue weighted by Gasteiger charge is 2.50. The van der Waals surface area contributed by atoms with E-state index >= 15 is 0 Å². The maximum atomic E-state index is 14.0. The molecule has 2 unspecified atom stereocenters. The van der Waals surface area contributed by atoms with Crippen molar-refractivity contribution in [2.75, 3.05) is 6.54 Å². The fraction of sp³-hybridized carbons (Fsp3) is 0.385. The third-order valence-electron chi connectivity index (χ3n) is 6.39. The summed E-state index contributed by atoms with van der Waals surface area (Å²) in [4.78, 5) is 30.2. The van der Waals surface area contributed by atoms with Crippen molar-refractivity contribution in [1.29, 1.82) is 0 Å². The average Bonchev–Trinajstić information content (AvgIpc) is 2.82. The quantitative estimate of drug-likeness (QED) is 0.506. The van der Waals surface area contributed by atoms with E-state index in [9.17, 15) is 18.0 Å². The lowest BCUT2D eigenvalue weighted by Gasteiger charge is -2.49. The minimum Gasteiger partial charge on any atom is -0.311 e. The lowest BCUT2D eigenvalue weighted by atomic mass is 9.98. The van der Waals surface area contributed by atoms with E-state index in [-0.39, 0.29) is 52.6 Å². The molecule has 1 fully saturated rings. The SMILES string of the molecule is CC(C)NC1CN(S(=O)(=O)c2ccc(Cl)cc2Cl)C2=CN(C(C)C)C(=O)C(Cc3ccc(Cl)cc3)N2C1=O. The number of fused-ring (bicyclic) bond motifs is 1. The number of amides is 2. The van der Waals surface area contributed by atoms with E-state index in [1.807, 2.05) is 27.7 Å². The highest BCUT2D eigenvalue weighted by atomic mass is 35.5. The normalized spacial score (nSPS) is 20.3. The molecule has 2 aromatic rings. The van der Waals surface area contributed by atoms with Crippen LogP contribution in [0, 0.1) is 0 Å². The van der Waals surface area contributed by atoms with Crippen LogP contribution in [-0.2, 0) is 26.0 Å². The number of carbonyl (C=O) groups excluding carboxylic acids is 2. The van der Waals surface area contributed by atoms with E-state index in [0.29, 0.717) is 10.0 Å². The van der Waals surface area contributed by atoms with E-state index in [4.69, 9.17) is 34.8 Å². The Morgan fingerprint density at radius 3 is 2.16 bits per heavy atom. The summed E-state index contributed by atoms with van der Waals surface area (Å²) in [7, 11) is -4.26. The average molecular weight is 600 g/mol. The number of nitrogens with one attached hydrogen (secondary N) is 1. The first kappa shape index (κ1) is 28.7. The van der Waals surface area contributed by atoms with Crippen LogP contribution in [0.5, 0.6) is 0 Å². The molecule has 2 amide bonds. The number of nitrogens with zero attached hydrogens (tertiary/aromatic N) is 3. The highest BCUT2D eigenvalue weighted by molar-refractivity contribution is 7.89. The molecule has 0 bridgehead atoms. The van der Waals surface area contributed by atoms with Crippen molar-refractivity contribution in [1.82, 2.24) is 19.4 Å². The Morgan fingerprint density at radius 2 is 1.58 bits per heavy atom. The van der Waals surface area contributed by atoms with Crippen LogP contribution < -0.4 is 5.32 Å². The summed E-state index contributed by atoms with van der Waals surface area (Å²) in [5, 5.41) is 3.95. The number of halogens is 3. The molecule has 2 atom stereocenters. The molecule has 0 aromatic heterocycles. The maximum Gasteiger partial charge on any atom is 0.267 e. The fourth-order valence-electron chi connectivity index (χ4n) is 4.63. The van der Waals surface area contributed by atoms with Crippen molar-refractivity contribution in [2.45, 2.75) is 63.2 Å². The Labute approximate surface area is 238 Å². The molecule has 2 heterocycles. The van der Waals surface area contributed by atoms with Gasteiger partial charge in [-0.2, -0.15) is 0 Å². The molecule has 0 spiro atoms. The van der Waals surface area contributed by atoms with Crippen LogP contribution in [0.1, 0.15) is 33.3 Å². The smallest absolute Gasteiger partial charge is 0.267 e. The number of rotatable bonds is 7. The van der Waals surface area contributed by atoms with Gasteiger partial charge in [-0.15, -0.1) is 0 Å². The lowest BCUT2D eigenvalue weighted by Crippen LogP contribution is -2.67. The summed E-state index contributed by atoms with van der Waals surface area (Å²) in [6.07, 6.45) is 1.61. The van der Waals surface area contributed by atoms with Crippen LogP contribution >= 0.6 is 34.8 Å². The molecule has 38 heavy (non-hydrogen) atoms. The van der Waals surface area contributed by atoms with Gasteiger partial charge in [0.1, 0.15) is 22.8 Å². The monoisotopic (exact) mass is 598 g/mol. The zero-order valence-electron chi connectivity index (χ0n) is 21.4. The lowest BCUT2D eigenvalue weighted by molar-refractivity contribution is -0.150. The minimum atomic E-state index is -4.26.